The van der Waals surface area contributed by atoms with Crippen LogP contribution in [0, 0.1) is 6.92 Å². The highest BCUT2D eigenvalue weighted by Gasteiger charge is 2.23. The fourth-order valence-corrected chi connectivity index (χ4v) is 3.21. The summed E-state index contributed by atoms with van der Waals surface area (Å²) in [5.74, 6) is 0.300. The van der Waals surface area contributed by atoms with Gasteiger partial charge in [0.05, 0.1) is 11.4 Å². The second-order valence-corrected chi connectivity index (χ2v) is 6.94. The molecule has 0 saturated carbocycles. The first kappa shape index (κ1) is 20.5. The van der Waals surface area contributed by atoms with Crippen LogP contribution in [0.25, 0.3) is 5.69 Å². The molecule has 0 spiro atoms. The number of ether oxygens (including phenoxy) is 1. The molecule has 1 N–H and O–H groups in total. The lowest BCUT2D eigenvalue weighted by atomic mass is 10.1. The lowest BCUT2D eigenvalue weighted by Crippen LogP contribution is -2.34. The maximum Gasteiger partial charge on any atom is 0.295 e. The van der Waals surface area contributed by atoms with Gasteiger partial charge in [0, 0.05) is 7.05 Å². The zero-order chi connectivity index (χ0) is 21.0. The van der Waals surface area contributed by atoms with Crippen molar-refractivity contribution < 1.29 is 9.53 Å². The van der Waals surface area contributed by atoms with Crippen LogP contribution < -0.4 is 15.6 Å². The van der Waals surface area contributed by atoms with E-state index in [1.807, 2.05) is 68.4 Å². The number of hydrogen-bond donors (Lipinski definition) is 1. The van der Waals surface area contributed by atoms with Crippen molar-refractivity contribution in [2.45, 2.75) is 39.7 Å². The number of nitrogens with zero attached hydrogens (tertiary/aromatic N) is 2. The summed E-state index contributed by atoms with van der Waals surface area (Å²) in [6.45, 7) is 5.77. The van der Waals surface area contributed by atoms with Gasteiger partial charge in [0.1, 0.15) is 11.4 Å². The van der Waals surface area contributed by atoms with Gasteiger partial charge in [-0.25, -0.2) is 4.68 Å². The highest BCUT2D eigenvalue weighted by atomic mass is 16.5. The normalized spacial score (nSPS) is 11.9. The minimum absolute atomic E-state index is 0.268. The van der Waals surface area contributed by atoms with Crippen molar-refractivity contribution in [1.29, 1.82) is 0 Å². The van der Waals surface area contributed by atoms with Crippen LogP contribution in [0.4, 0.5) is 5.69 Å². The van der Waals surface area contributed by atoms with Crippen molar-refractivity contribution in [3.8, 4) is 11.4 Å². The van der Waals surface area contributed by atoms with Crippen LogP contribution in [0.3, 0.4) is 0 Å². The van der Waals surface area contributed by atoms with Gasteiger partial charge in [0.15, 0.2) is 6.10 Å². The van der Waals surface area contributed by atoms with Gasteiger partial charge in [-0.2, -0.15) is 0 Å². The number of nitrogens with one attached hydrogen (secondary N) is 1. The van der Waals surface area contributed by atoms with Gasteiger partial charge in [-0.05, 0) is 49.6 Å². The predicted octanol–water partition coefficient (Wildman–Crippen LogP) is 3.84. The van der Waals surface area contributed by atoms with Crippen molar-refractivity contribution in [1.82, 2.24) is 9.36 Å². The first-order chi connectivity index (χ1) is 14.0. The molecule has 1 amide bonds. The average Bonchev–Trinajstić information content (AvgIpc) is 2.96. The predicted molar refractivity (Wildman–Crippen MR) is 115 cm³/mol. The Morgan fingerprint density at radius 3 is 2.31 bits per heavy atom. The Hall–Kier alpha value is -3.28. The molecule has 3 rings (SSSR count). The molecule has 0 bridgehead atoms. The van der Waals surface area contributed by atoms with Gasteiger partial charge in [0.2, 0.25) is 0 Å². The fraction of sp³-hybridized carbons (Fsp3) is 0.304. The Morgan fingerprint density at radius 1 is 1.07 bits per heavy atom. The van der Waals surface area contributed by atoms with Crippen LogP contribution >= 0.6 is 0 Å². The zero-order valence-corrected chi connectivity index (χ0v) is 17.3. The molecule has 1 aromatic heterocycles. The van der Waals surface area contributed by atoms with E-state index in [0.29, 0.717) is 17.9 Å². The highest BCUT2D eigenvalue weighted by Crippen LogP contribution is 2.18. The second-order valence-electron chi connectivity index (χ2n) is 6.94. The fourth-order valence-electron chi connectivity index (χ4n) is 3.21. The van der Waals surface area contributed by atoms with E-state index in [2.05, 4.69) is 12.2 Å². The summed E-state index contributed by atoms with van der Waals surface area (Å²) in [7, 11) is 1.79. The van der Waals surface area contributed by atoms with Crippen LogP contribution in [0.5, 0.6) is 5.75 Å². The zero-order valence-electron chi connectivity index (χ0n) is 17.3. The molecule has 152 valence electrons. The molecule has 0 radical (unpaired) electrons. The molecule has 0 saturated heterocycles. The summed E-state index contributed by atoms with van der Waals surface area (Å²) in [6.07, 6.45) is 0.741. The molecule has 0 unspecified atom stereocenters. The molecule has 1 heterocycles. The van der Waals surface area contributed by atoms with E-state index >= 15 is 0 Å². The Labute approximate surface area is 170 Å². The topological polar surface area (TPSA) is 65.3 Å². The number of aromatic nitrogens is 2. The van der Waals surface area contributed by atoms with Gasteiger partial charge in [0.25, 0.3) is 11.5 Å². The third kappa shape index (κ3) is 4.26. The van der Waals surface area contributed by atoms with E-state index in [1.54, 1.807) is 11.7 Å². The summed E-state index contributed by atoms with van der Waals surface area (Å²) in [5, 5.41) is 2.79. The monoisotopic (exact) mass is 393 g/mol. The molecule has 6 heteroatoms. The van der Waals surface area contributed by atoms with E-state index in [0.717, 1.165) is 12.1 Å². The van der Waals surface area contributed by atoms with Gasteiger partial charge < -0.3 is 10.1 Å². The molecule has 2 aromatic carbocycles. The van der Waals surface area contributed by atoms with Crippen LogP contribution in [0.2, 0.25) is 0 Å². The van der Waals surface area contributed by atoms with Crippen molar-refractivity contribution in [3.63, 3.8) is 0 Å². The summed E-state index contributed by atoms with van der Waals surface area (Å²) >= 11 is 0. The molecule has 0 aliphatic carbocycles. The van der Waals surface area contributed by atoms with Gasteiger partial charge >= 0.3 is 0 Å². The van der Waals surface area contributed by atoms with Crippen LogP contribution in [0.1, 0.15) is 31.5 Å². The van der Waals surface area contributed by atoms with Crippen molar-refractivity contribution in [2.24, 2.45) is 7.05 Å². The standard InChI is InChI=1S/C23H27N3O3/c1-5-17-12-14-19(15-13-17)29-20(6-2)22(27)24-21-16(3)25(4)26(23(21)28)18-10-8-7-9-11-18/h7-15,20H,5-6H2,1-4H3,(H,24,27)/t20-/m1/s1. The lowest BCUT2D eigenvalue weighted by Gasteiger charge is -2.17. The number of amides is 1. The number of carbonyl (C=O) groups excluding carboxylic acids is 1. The number of carbonyl (C=O) groups is 1. The van der Waals surface area contributed by atoms with E-state index in [-0.39, 0.29) is 17.2 Å². The number of hydrogen-bond acceptors (Lipinski definition) is 3. The summed E-state index contributed by atoms with van der Waals surface area (Å²) in [5.41, 5.74) is 2.62. The quantitative estimate of drug-likeness (QED) is 0.663. The minimum atomic E-state index is -0.688. The second kappa shape index (κ2) is 8.82. The molecule has 6 nitrogen and oxygen atoms in total. The SMILES string of the molecule is CCc1ccc(O[C@H](CC)C(=O)Nc2c(C)n(C)n(-c3ccccc3)c2=O)cc1. The van der Waals surface area contributed by atoms with E-state index in [1.165, 1.54) is 10.2 Å². The van der Waals surface area contributed by atoms with Crippen LogP contribution in [-0.4, -0.2) is 21.4 Å². The van der Waals surface area contributed by atoms with E-state index in [4.69, 9.17) is 4.74 Å². The smallest absolute Gasteiger partial charge is 0.295 e. The molecule has 0 aliphatic heterocycles. The molecule has 1 atom stereocenters. The van der Waals surface area contributed by atoms with Crippen molar-refractivity contribution in [2.75, 3.05) is 5.32 Å². The number of aryl methyl sites for hydroxylation is 1. The third-order valence-electron chi connectivity index (χ3n) is 5.08. The van der Waals surface area contributed by atoms with Gasteiger partial charge in [-0.15, -0.1) is 0 Å². The largest absolute Gasteiger partial charge is 0.481 e. The van der Waals surface area contributed by atoms with Crippen LogP contribution in [0.15, 0.2) is 59.4 Å². The Bertz CT molecular complexity index is 1030. The number of anilines is 1. The molecular weight excluding hydrogens is 366 g/mol. The first-order valence-corrected chi connectivity index (χ1v) is 9.86. The third-order valence-corrected chi connectivity index (χ3v) is 5.08. The minimum Gasteiger partial charge on any atom is -0.481 e. The molecule has 3 aromatic rings. The maximum atomic E-state index is 13.0. The van der Waals surface area contributed by atoms with Crippen molar-refractivity contribution in [3.05, 3.63) is 76.2 Å². The van der Waals surface area contributed by atoms with E-state index < -0.39 is 6.10 Å². The Balaban J connectivity index is 1.82. The van der Waals surface area contributed by atoms with Gasteiger partial charge in [-0.1, -0.05) is 44.2 Å². The average molecular weight is 393 g/mol. The molecule has 29 heavy (non-hydrogen) atoms. The van der Waals surface area contributed by atoms with E-state index in [9.17, 15) is 9.59 Å². The van der Waals surface area contributed by atoms with Crippen LogP contribution in [-0.2, 0) is 18.3 Å². The Morgan fingerprint density at radius 2 is 1.72 bits per heavy atom. The Kier molecular flexibility index (Phi) is 6.22. The summed E-state index contributed by atoms with van der Waals surface area (Å²) < 4.78 is 9.14. The number of benzene rings is 2. The molecule has 0 aliphatic rings. The highest BCUT2D eigenvalue weighted by molar-refractivity contribution is 5.94. The lowest BCUT2D eigenvalue weighted by molar-refractivity contribution is -0.122. The number of para-hydroxylation sites is 1. The van der Waals surface area contributed by atoms with Crippen molar-refractivity contribution >= 4 is 11.6 Å². The summed E-state index contributed by atoms with van der Waals surface area (Å²) in [6, 6.07) is 17.0. The number of rotatable bonds is 7. The summed E-state index contributed by atoms with van der Waals surface area (Å²) in [4.78, 5) is 25.8. The molecule has 0 fully saturated rings. The molecular formula is C23H27N3O3. The maximum absolute atomic E-state index is 13.0. The first-order valence-electron chi connectivity index (χ1n) is 9.86. The van der Waals surface area contributed by atoms with Gasteiger partial charge in [-0.3, -0.25) is 14.3 Å².